The SMILES string of the molecule is CC(C)CCCCCCCCCCCCCCC(=O)C(N)CCC[C@H](N)C(=O)O. The van der Waals surface area contributed by atoms with Gasteiger partial charge in [0.25, 0.3) is 0 Å². The Morgan fingerprint density at radius 1 is 0.621 bits per heavy atom. The number of carbonyl (C=O) groups excluding carboxylic acids is 1. The van der Waals surface area contributed by atoms with Crippen LogP contribution in [0.25, 0.3) is 0 Å². The van der Waals surface area contributed by atoms with Crippen molar-refractivity contribution in [1.82, 2.24) is 0 Å². The summed E-state index contributed by atoms with van der Waals surface area (Å²) < 4.78 is 0. The molecule has 0 aromatic heterocycles. The summed E-state index contributed by atoms with van der Waals surface area (Å²) in [5, 5.41) is 8.74. The van der Waals surface area contributed by atoms with E-state index in [1.165, 1.54) is 70.6 Å². The maximum absolute atomic E-state index is 12.0. The highest BCUT2D eigenvalue weighted by Crippen LogP contribution is 2.15. The molecule has 0 aromatic rings. The quantitative estimate of drug-likeness (QED) is 0.213. The van der Waals surface area contributed by atoms with Crippen molar-refractivity contribution < 1.29 is 14.7 Å². The monoisotopic (exact) mass is 412 g/mol. The molecule has 5 heteroatoms. The summed E-state index contributed by atoms with van der Waals surface area (Å²) in [6.07, 6.45) is 18.8. The minimum Gasteiger partial charge on any atom is -0.480 e. The lowest BCUT2D eigenvalue weighted by molar-refractivity contribution is -0.138. The summed E-state index contributed by atoms with van der Waals surface area (Å²) in [6.45, 7) is 4.60. The Balaban J connectivity index is 3.36. The average Bonchev–Trinajstić information content (AvgIpc) is 2.67. The van der Waals surface area contributed by atoms with Crippen LogP contribution in [0, 0.1) is 5.92 Å². The zero-order valence-electron chi connectivity index (χ0n) is 19.2. The Morgan fingerprint density at radius 2 is 1.03 bits per heavy atom. The number of carboxylic acid groups (broad SMARTS) is 1. The van der Waals surface area contributed by atoms with Crippen molar-refractivity contribution in [1.29, 1.82) is 0 Å². The zero-order chi connectivity index (χ0) is 21.9. The standard InChI is InChI=1S/C24H48N2O3/c1-20(2)16-13-11-9-7-5-3-4-6-8-10-12-14-19-23(27)21(25)17-15-18-22(26)24(28)29/h20-22H,3-19,25-26H2,1-2H3,(H,28,29)/t21?,22-/m0/s1. The highest BCUT2D eigenvalue weighted by atomic mass is 16.4. The molecule has 29 heavy (non-hydrogen) atoms. The van der Waals surface area contributed by atoms with Crippen molar-refractivity contribution in [2.24, 2.45) is 17.4 Å². The van der Waals surface area contributed by atoms with Gasteiger partial charge in [-0.25, -0.2) is 0 Å². The van der Waals surface area contributed by atoms with Crippen LogP contribution in [0.4, 0.5) is 0 Å². The summed E-state index contributed by atoms with van der Waals surface area (Å²) in [5.41, 5.74) is 11.4. The summed E-state index contributed by atoms with van der Waals surface area (Å²) in [7, 11) is 0. The molecule has 0 heterocycles. The van der Waals surface area contributed by atoms with E-state index < -0.39 is 18.1 Å². The summed E-state index contributed by atoms with van der Waals surface area (Å²) in [6, 6.07) is -1.33. The normalized spacial score (nSPS) is 13.6. The number of Topliss-reactive ketones (excluding diaryl/α,β-unsaturated/α-hetero) is 1. The fourth-order valence-electron chi connectivity index (χ4n) is 3.65. The molecule has 0 amide bonds. The van der Waals surface area contributed by atoms with E-state index >= 15 is 0 Å². The number of carbonyl (C=O) groups is 2. The second-order valence-corrected chi connectivity index (χ2v) is 9.12. The maximum Gasteiger partial charge on any atom is 0.320 e. The second kappa shape index (κ2) is 19.0. The van der Waals surface area contributed by atoms with Gasteiger partial charge in [0.1, 0.15) is 11.8 Å². The van der Waals surface area contributed by atoms with Crippen LogP contribution in [0.2, 0.25) is 0 Å². The van der Waals surface area contributed by atoms with Crippen molar-refractivity contribution in [3.8, 4) is 0 Å². The van der Waals surface area contributed by atoms with Crippen molar-refractivity contribution in [2.45, 2.75) is 135 Å². The lowest BCUT2D eigenvalue weighted by Gasteiger charge is -2.11. The molecule has 0 rings (SSSR count). The molecule has 0 spiro atoms. The Morgan fingerprint density at radius 3 is 1.48 bits per heavy atom. The van der Waals surface area contributed by atoms with E-state index in [-0.39, 0.29) is 5.78 Å². The topological polar surface area (TPSA) is 106 Å². The molecule has 2 atom stereocenters. The summed E-state index contributed by atoms with van der Waals surface area (Å²) >= 11 is 0. The first-order valence-electron chi connectivity index (χ1n) is 12.1. The van der Waals surface area contributed by atoms with Crippen molar-refractivity contribution in [3.63, 3.8) is 0 Å². The van der Waals surface area contributed by atoms with Crippen LogP contribution in [0.15, 0.2) is 0 Å². The Labute approximate surface area is 179 Å². The van der Waals surface area contributed by atoms with Gasteiger partial charge in [-0.3, -0.25) is 9.59 Å². The lowest BCUT2D eigenvalue weighted by Crippen LogP contribution is -2.33. The predicted octanol–water partition coefficient (Wildman–Crippen LogP) is 5.58. The number of hydrogen-bond donors (Lipinski definition) is 3. The van der Waals surface area contributed by atoms with Crippen LogP contribution in [-0.4, -0.2) is 28.9 Å². The molecule has 1 unspecified atom stereocenters. The van der Waals surface area contributed by atoms with Crippen LogP contribution in [0.3, 0.4) is 0 Å². The zero-order valence-corrected chi connectivity index (χ0v) is 19.2. The number of unbranched alkanes of at least 4 members (excludes halogenated alkanes) is 11. The summed E-state index contributed by atoms with van der Waals surface area (Å²) in [5.74, 6) is -0.0518. The van der Waals surface area contributed by atoms with E-state index in [4.69, 9.17) is 16.6 Å². The van der Waals surface area contributed by atoms with E-state index in [1.807, 2.05) is 0 Å². The van der Waals surface area contributed by atoms with E-state index in [9.17, 15) is 9.59 Å². The number of nitrogens with two attached hydrogens (primary N) is 2. The van der Waals surface area contributed by atoms with Crippen molar-refractivity contribution in [3.05, 3.63) is 0 Å². The fourth-order valence-corrected chi connectivity index (χ4v) is 3.65. The molecule has 0 saturated carbocycles. The minimum atomic E-state index is -0.998. The largest absolute Gasteiger partial charge is 0.480 e. The van der Waals surface area contributed by atoms with Crippen LogP contribution in [0.1, 0.15) is 123 Å². The molecule has 0 aliphatic heterocycles. The Hall–Kier alpha value is -0.940. The van der Waals surface area contributed by atoms with Gasteiger partial charge in [0.05, 0.1) is 6.04 Å². The van der Waals surface area contributed by atoms with Gasteiger partial charge in [-0.05, 0) is 31.6 Å². The molecule has 0 radical (unpaired) electrons. The van der Waals surface area contributed by atoms with Gasteiger partial charge in [0, 0.05) is 6.42 Å². The van der Waals surface area contributed by atoms with E-state index in [2.05, 4.69) is 13.8 Å². The molecule has 172 valence electrons. The molecule has 0 saturated heterocycles. The van der Waals surface area contributed by atoms with Crippen LogP contribution < -0.4 is 11.5 Å². The Bertz CT molecular complexity index is 413. The van der Waals surface area contributed by atoms with Crippen LogP contribution >= 0.6 is 0 Å². The third-order valence-corrected chi connectivity index (χ3v) is 5.72. The number of rotatable bonds is 21. The predicted molar refractivity (Wildman–Crippen MR) is 122 cm³/mol. The van der Waals surface area contributed by atoms with E-state index in [1.54, 1.807) is 0 Å². The summed E-state index contributed by atoms with van der Waals surface area (Å²) in [4.78, 5) is 22.7. The first-order chi connectivity index (χ1) is 13.8. The smallest absolute Gasteiger partial charge is 0.320 e. The number of aliphatic carboxylic acids is 1. The Kier molecular flexibility index (Phi) is 18.4. The van der Waals surface area contributed by atoms with Gasteiger partial charge < -0.3 is 16.6 Å². The van der Waals surface area contributed by atoms with Gasteiger partial charge in [-0.15, -0.1) is 0 Å². The molecule has 0 aliphatic rings. The maximum atomic E-state index is 12.0. The number of hydrogen-bond acceptors (Lipinski definition) is 4. The highest BCUT2D eigenvalue weighted by Gasteiger charge is 2.15. The first kappa shape index (κ1) is 28.1. The number of ketones is 1. The second-order valence-electron chi connectivity index (χ2n) is 9.12. The molecule has 5 nitrogen and oxygen atoms in total. The van der Waals surface area contributed by atoms with Gasteiger partial charge in [0.15, 0.2) is 0 Å². The van der Waals surface area contributed by atoms with Crippen molar-refractivity contribution in [2.75, 3.05) is 0 Å². The van der Waals surface area contributed by atoms with Crippen LogP contribution in [0.5, 0.6) is 0 Å². The van der Waals surface area contributed by atoms with Gasteiger partial charge in [-0.2, -0.15) is 0 Å². The van der Waals surface area contributed by atoms with Gasteiger partial charge >= 0.3 is 5.97 Å². The van der Waals surface area contributed by atoms with Crippen LogP contribution in [-0.2, 0) is 9.59 Å². The highest BCUT2D eigenvalue weighted by molar-refractivity contribution is 5.83. The molecule has 0 fully saturated rings. The fraction of sp³-hybridized carbons (Fsp3) is 0.917. The minimum absolute atomic E-state index is 0.0993. The molecule has 0 aliphatic carbocycles. The third-order valence-electron chi connectivity index (χ3n) is 5.72. The lowest BCUT2D eigenvalue weighted by atomic mass is 9.99. The van der Waals surface area contributed by atoms with E-state index in [0.29, 0.717) is 25.7 Å². The van der Waals surface area contributed by atoms with Crippen molar-refractivity contribution >= 4 is 11.8 Å². The average molecular weight is 413 g/mol. The molecule has 0 bridgehead atoms. The number of carboxylic acids is 1. The molecule has 0 aromatic carbocycles. The molecule has 5 N–H and O–H groups in total. The van der Waals surface area contributed by atoms with E-state index in [0.717, 1.165) is 18.8 Å². The first-order valence-corrected chi connectivity index (χ1v) is 12.1. The molecular weight excluding hydrogens is 364 g/mol. The van der Waals surface area contributed by atoms with Gasteiger partial charge in [0.2, 0.25) is 0 Å². The third kappa shape index (κ3) is 18.8. The molecular formula is C24H48N2O3. The van der Waals surface area contributed by atoms with Gasteiger partial charge in [-0.1, -0.05) is 90.9 Å².